The highest BCUT2D eigenvalue weighted by atomic mass is 16.4. The highest BCUT2D eigenvalue weighted by Crippen LogP contribution is 2.16. The number of carbonyl (C=O) groups is 2. The quantitative estimate of drug-likeness (QED) is 0.594. The second-order valence-corrected chi connectivity index (χ2v) is 2.49. The zero-order valence-electron chi connectivity index (χ0n) is 6.23. The minimum Gasteiger partial charge on any atom is -0.481 e. The van der Waals surface area contributed by atoms with Gasteiger partial charge in [0.2, 0.25) is 0 Å². The molecule has 0 saturated heterocycles. The molecule has 12 heavy (non-hydrogen) atoms. The van der Waals surface area contributed by atoms with Crippen LogP contribution in [0.15, 0.2) is 23.8 Å². The first kappa shape index (κ1) is 8.52. The summed E-state index contributed by atoms with van der Waals surface area (Å²) in [6, 6.07) is 0. The second kappa shape index (κ2) is 3.21. The fourth-order valence-corrected chi connectivity index (χ4v) is 0.994. The van der Waals surface area contributed by atoms with E-state index in [1.807, 2.05) is 0 Å². The van der Waals surface area contributed by atoms with E-state index in [-0.39, 0.29) is 5.57 Å². The Morgan fingerprint density at radius 1 is 1.42 bits per heavy atom. The second-order valence-electron chi connectivity index (χ2n) is 2.49. The van der Waals surface area contributed by atoms with E-state index in [2.05, 4.69) is 0 Å². The molecule has 0 radical (unpaired) electrons. The third kappa shape index (κ3) is 1.72. The maximum atomic E-state index is 10.4. The van der Waals surface area contributed by atoms with Gasteiger partial charge in [0.25, 0.3) is 0 Å². The third-order valence-corrected chi connectivity index (χ3v) is 1.62. The van der Waals surface area contributed by atoms with Crippen LogP contribution in [0.25, 0.3) is 0 Å². The zero-order chi connectivity index (χ0) is 9.14. The summed E-state index contributed by atoms with van der Waals surface area (Å²) in [5.74, 6) is -2.86. The topological polar surface area (TPSA) is 74.6 Å². The highest BCUT2D eigenvalue weighted by molar-refractivity contribution is 5.89. The van der Waals surface area contributed by atoms with Crippen LogP contribution in [0.1, 0.15) is 6.42 Å². The monoisotopic (exact) mass is 168 g/mol. The molecule has 0 spiro atoms. The SMILES string of the molecule is O=C(O)C1=CC(C(=O)O)C=CC1. The number of carboxylic acid groups (broad SMARTS) is 2. The maximum Gasteiger partial charge on any atom is 0.331 e. The number of hydrogen-bond donors (Lipinski definition) is 2. The van der Waals surface area contributed by atoms with Gasteiger partial charge in [0.05, 0.1) is 5.92 Å². The summed E-state index contributed by atoms with van der Waals surface area (Å²) in [5, 5.41) is 17.1. The van der Waals surface area contributed by atoms with Gasteiger partial charge in [-0.25, -0.2) is 4.79 Å². The molecular weight excluding hydrogens is 160 g/mol. The van der Waals surface area contributed by atoms with Crippen LogP contribution in [0.5, 0.6) is 0 Å². The van der Waals surface area contributed by atoms with E-state index in [1.54, 1.807) is 6.08 Å². The Kier molecular flexibility index (Phi) is 2.28. The molecule has 0 aromatic carbocycles. The molecular formula is C8H8O4. The Morgan fingerprint density at radius 3 is 2.58 bits per heavy atom. The lowest BCUT2D eigenvalue weighted by Crippen LogP contribution is -2.13. The van der Waals surface area contributed by atoms with Crippen molar-refractivity contribution in [2.24, 2.45) is 5.92 Å². The Bertz CT molecular complexity index is 275. The van der Waals surface area contributed by atoms with Crippen molar-refractivity contribution in [1.82, 2.24) is 0 Å². The number of allylic oxidation sites excluding steroid dienone is 1. The van der Waals surface area contributed by atoms with Crippen molar-refractivity contribution in [2.45, 2.75) is 6.42 Å². The smallest absolute Gasteiger partial charge is 0.331 e. The van der Waals surface area contributed by atoms with Crippen molar-refractivity contribution < 1.29 is 19.8 Å². The summed E-state index contributed by atoms with van der Waals surface area (Å²) in [4.78, 5) is 20.9. The van der Waals surface area contributed by atoms with E-state index >= 15 is 0 Å². The van der Waals surface area contributed by atoms with Gasteiger partial charge in [-0.15, -0.1) is 0 Å². The van der Waals surface area contributed by atoms with Gasteiger partial charge in [-0.05, 0) is 6.42 Å². The summed E-state index contributed by atoms with van der Waals surface area (Å²) < 4.78 is 0. The van der Waals surface area contributed by atoms with Crippen LogP contribution in [0.2, 0.25) is 0 Å². The van der Waals surface area contributed by atoms with E-state index < -0.39 is 17.9 Å². The predicted molar refractivity (Wildman–Crippen MR) is 40.6 cm³/mol. The van der Waals surface area contributed by atoms with E-state index in [9.17, 15) is 9.59 Å². The highest BCUT2D eigenvalue weighted by Gasteiger charge is 2.18. The van der Waals surface area contributed by atoms with Gasteiger partial charge in [-0.2, -0.15) is 0 Å². The number of hydrogen-bond acceptors (Lipinski definition) is 2. The van der Waals surface area contributed by atoms with E-state index in [0.717, 1.165) is 0 Å². The van der Waals surface area contributed by atoms with Crippen molar-refractivity contribution in [3.05, 3.63) is 23.8 Å². The first-order valence-electron chi connectivity index (χ1n) is 3.44. The van der Waals surface area contributed by atoms with Crippen LogP contribution in [0, 0.1) is 5.92 Å². The van der Waals surface area contributed by atoms with Gasteiger partial charge in [0, 0.05) is 5.57 Å². The molecule has 4 nitrogen and oxygen atoms in total. The molecule has 1 atom stereocenters. The molecule has 0 fully saturated rings. The summed E-state index contributed by atoms with van der Waals surface area (Å²) in [6.45, 7) is 0. The van der Waals surface area contributed by atoms with Gasteiger partial charge in [0.15, 0.2) is 0 Å². The number of rotatable bonds is 2. The van der Waals surface area contributed by atoms with Crippen LogP contribution in [0.4, 0.5) is 0 Å². The van der Waals surface area contributed by atoms with E-state index in [1.165, 1.54) is 12.2 Å². The summed E-state index contributed by atoms with van der Waals surface area (Å²) in [5.41, 5.74) is 0.143. The molecule has 2 N–H and O–H groups in total. The number of aliphatic carboxylic acids is 2. The van der Waals surface area contributed by atoms with Crippen LogP contribution in [0.3, 0.4) is 0 Å². The van der Waals surface area contributed by atoms with Crippen molar-refractivity contribution in [3.63, 3.8) is 0 Å². The Balaban J connectivity index is 2.81. The number of carboxylic acids is 2. The maximum absolute atomic E-state index is 10.4. The molecule has 1 unspecified atom stereocenters. The lowest BCUT2D eigenvalue weighted by Gasteiger charge is -2.08. The lowest BCUT2D eigenvalue weighted by atomic mass is 9.97. The van der Waals surface area contributed by atoms with E-state index in [0.29, 0.717) is 6.42 Å². The van der Waals surface area contributed by atoms with Gasteiger partial charge >= 0.3 is 11.9 Å². The van der Waals surface area contributed by atoms with Crippen molar-refractivity contribution in [2.75, 3.05) is 0 Å². The first-order valence-corrected chi connectivity index (χ1v) is 3.44. The molecule has 0 bridgehead atoms. The van der Waals surface area contributed by atoms with Crippen LogP contribution < -0.4 is 0 Å². The standard InChI is InChI=1S/C8H8O4/c9-7(10)5-2-1-3-6(4-5)8(11)12/h1-2,4-5H,3H2,(H,9,10)(H,11,12). The molecule has 64 valence electrons. The fourth-order valence-electron chi connectivity index (χ4n) is 0.994. The van der Waals surface area contributed by atoms with Gasteiger partial charge in [0.1, 0.15) is 0 Å². The average molecular weight is 168 g/mol. The molecule has 0 heterocycles. The molecule has 0 saturated carbocycles. The Labute approximate surface area is 68.8 Å². The van der Waals surface area contributed by atoms with Crippen LogP contribution in [-0.2, 0) is 9.59 Å². The molecule has 1 aliphatic rings. The normalized spacial score (nSPS) is 21.7. The molecule has 0 aliphatic heterocycles. The largest absolute Gasteiger partial charge is 0.481 e. The minimum absolute atomic E-state index is 0.143. The predicted octanol–water partition coefficient (Wildman–Crippen LogP) is 0.658. The minimum atomic E-state index is -1.05. The van der Waals surface area contributed by atoms with Crippen molar-refractivity contribution in [3.8, 4) is 0 Å². The summed E-state index contributed by atoms with van der Waals surface area (Å²) >= 11 is 0. The summed E-state index contributed by atoms with van der Waals surface area (Å²) in [7, 11) is 0. The third-order valence-electron chi connectivity index (χ3n) is 1.62. The molecule has 0 amide bonds. The Hall–Kier alpha value is -1.58. The van der Waals surface area contributed by atoms with Crippen LogP contribution >= 0.6 is 0 Å². The zero-order valence-corrected chi connectivity index (χ0v) is 6.23. The van der Waals surface area contributed by atoms with Crippen molar-refractivity contribution >= 4 is 11.9 Å². The molecule has 4 heteroatoms. The molecule has 1 rings (SSSR count). The van der Waals surface area contributed by atoms with Crippen LogP contribution in [-0.4, -0.2) is 22.2 Å². The van der Waals surface area contributed by atoms with Gasteiger partial charge in [-0.3, -0.25) is 4.79 Å². The first-order chi connectivity index (χ1) is 5.61. The van der Waals surface area contributed by atoms with E-state index in [4.69, 9.17) is 10.2 Å². The summed E-state index contributed by atoms with van der Waals surface area (Å²) in [6.07, 6.45) is 4.60. The lowest BCUT2D eigenvalue weighted by molar-refractivity contribution is -0.138. The average Bonchev–Trinajstić information content (AvgIpc) is 2.04. The van der Waals surface area contributed by atoms with Gasteiger partial charge in [-0.1, -0.05) is 18.2 Å². The van der Waals surface area contributed by atoms with Gasteiger partial charge < -0.3 is 10.2 Å². The fraction of sp³-hybridized carbons (Fsp3) is 0.250. The molecule has 0 aromatic heterocycles. The molecule has 0 aromatic rings. The Morgan fingerprint density at radius 2 is 2.08 bits per heavy atom. The van der Waals surface area contributed by atoms with Crippen molar-refractivity contribution in [1.29, 1.82) is 0 Å². The molecule has 1 aliphatic carbocycles.